The number of rotatable bonds is 10. The summed E-state index contributed by atoms with van der Waals surface area (Å²) in [4.78, 5) is 23.8. The molecular formula is C35H46N4O5. The van der Waals surface area contributed by atoms with Gasteiger partial charge in [-0.25, -0.2) is 0 Å². The van der Waals surface area contributed by atoms with Gasteiger partial charge in [0.2, 0.25) is 0 Å². The number of aliphatic imine (C=N–C) groups is 1. The minimum absolute atomic E-state index is 0.0431. The number of hydrogen-bond acceptors (Lipinski definition) is 8. The maximum absolute atomic E-state index is 14.5. The molecule has 0 amide bonds. The molecule has 0 spiro atoms. The zero-order chi connectivity index (χ0) is 30.8. The highest BCUT2D eigenvalue weighted by molar-refractivity contribution is 6.20. The second-order valence-electron chi connectivity index (χ2n) is 12.6. The van der Waals surface area contributed by atoms with Crippen LogP contribution in [0.2, 0.25) is 0 Å². The number of carbonyl (C=O) groups excluding carboxylic acids is 1. The lowest BCUT2D eigenvalue weighted by Crippen LogP contribution is -2.49. The summed E-state index contributed by atoms with van der Waals surface area (Å²) in [6, 6.07) is 11.0. The Hall–Kier alpha value is -3.24. The normalized spacial score (nSPS) is 19.1. The van der Waals surface area contributed by atoms with Gasteiger partial charge in [0.25, 0.3) is 0 Å². The highest BCUT2D eigenvalue weighted by atomic mass is 16.5. The van der Waals surface area contributed by atoms with Gasteiger partial charge in [-0.1, -0.05) is 26.0 Å². The van der Waals surface area contributed by atoms with Crippen molar-refractivity contribution >= 4 is 28.6 Å². The van der Waals surface area contributed by atoms with Crippen LogP contribution in [0.3, 0.4) is 0 Å². The van der Waals surface area contributed by atoms with Crippen molar-refractivity contribution in [3.05, 3.63) is 58.3 Å². The molecule has 3 aromatic rings. The number of benzene rings is 2. The van der Waals surface area contributed by atoms with E-state index in [0.717, 1.165) is 97.0 Å². The molecule has 0 unspecified atom stereocenters. The number of aromatic nitrogens is 1. The number of anilines is 1. The highest BCUT2D eigenvalue weighted by Crippen LogP contribution is 2.48. The van der Waals surface area contributed by atoms with Crippen LogP contribution in [0.1, 0.15) is 59.4 Å². The molecular weight excluding hydrogens is 556 g/mol. The highest BCUT2D eigenvalue weighted by Gasteiger charge is 2.43. The Morgan fingerprint density at radius 1 is 1.00 bits per heavy atom. The molecule has 2 fully saturated rings. The number of hydrogen-bond donors (Lipinski definition) is 0. The number of carbonyl (C=O) groups is 1. The standard InChI is InChI=1S/C35H46N4O5/c1-35(2)28-22-30(38-10-8-25(9-11-38)37-12-16-43-17-13-37)31(44-19-18-42-5)21-27(28)33(40)32-26-7-6-24(23-36-3)20-29(26)39(34(32)35)14-15-41-4/h6-7,20-23,25H,8-19H2,1-5H3. The molecule has 0 saturated carbocycles. The molecule has 0 N–H and O–H groups in total. The molecule has 236 valence electrons. The zero-order valence-electron chi connectivity index (χ0n) is 26.9. The number of methoxy groups -OCH3 is 2. The van der Waals surface area contributed by atoms with Crippen molar-refractivity contribution in [1.82, 2.24) is 9.47 Å². The van der Waals surface area contributed by atoms with Crippen LogP contribution in [0.4, 0.5) is 5.69 Å². The largest absolute Gasteiger partial charge is 0.489 e. The van der Waals surface area contributed by atoms with E-state index in [4.69, 9.17) is 18.9 Å². The van der Waals surface area contributed by atoms with Crippen molar-refractivity contribution in [3.63, 3.8) is 0 Å². The van der Waals surface area contributed by atoms with Gasteiger partial charge in [0.05, 0.1) is 37.7 Å². The second-order valence-corrected chi connectivity index (χ2v) is 12.6. The predicted octanol–water partition coefficient (Wildman–Crippen LogP) is 4.53. The molecule has 2 aromatic carbocycles. The van der Waals surface area contributed by atoms with Crippen LogP contribution in [0.5, 0.6) is 5.75 Å². The first-order valence-corrected chi connectivity index (χ1v) is 15.9. The lowest BCUT2D eigenvalue weighted by molar-refractivity contribution is 0.0115. The summed E-state index contributed by atoms with van der Waals surface area (Å²) in [5.74, 6) is 0.796. The third kappa shape index (κ3) is 5.55. The van der Waals surface area contributed by atoms with E-state index in [1.807, 2.05) is 18.3 Å². The minimum atomic E-state index is -0.434. The Morgan fingerprint density at radius 2 is 1.75 bits per heavy atom. The van der Waals surface area contributed by atoms with E-state index in [0.29, 0.717) is 38.0 Å². The van der Waals surface area contributed by atoms with Crippen molar-refractivity contribution in [2.24, 2.45) is 4.99 Å². The van der Waals surface area contributed by atoms with Crippen molar-refractivity contribution < 1.29 is 23.7 Å². The number of fused-ring (bicyclic) bond motifs is 4. The van der Waals surface area contributed by atoms with E-state index in [9.17, 15) is 4.79 Å². The topological polar surface area (TPSA) is 77.8 Å². The van der Waals surface area contributed by atoms with Crippen LogP contribution >= 0.6 is 0 Å². The smallest absolute Gasteiger partial charge is 0.195 e. The number of nitrogens with zero attached hydrogens (tertiary/aromatic N) is 4. The fraction of sp³-hybridized carbons (Fsp3) is 0.543. The van der Waals surface area contributed by atoms with Crippen LogP contribution in [-0.2, 0) is 26.2 Å². The summed E-state index contributed by atoms with van der Waals surface area (Å²) in [6.45, 7) is 12.1. The average molecular weight is 603 g/mol. The molecule has 0 radical (unpaired) electrons. The first-order valence-electron chi connectivity index (χ1n) is 15.9. The van der Waals surface area contributed by atoms with Gasteiger partial charge in [-0.05, 0) is 42.2 Å². The first kappa shape index (κ1) is 30.8. The van der Waals surface area contributed by atoms with Crippen molar-refractivity contribution in [3.8, 4) is 5.75 Å². The van der Waals surface area contributed by atoms with Gasteiger partial charge >= 0.3 is 0 Å². The molecule has 0 atom stereocenters. The average Bonchev–Trinajstić information content (AvgIpc) is 3.38. The summed E-state index contributed by atoms with van der Waals surface area (Å²) in [7, 11) is 5.17. The van der Waals surface area contributed by atoms with E-state index >= 15 is 0 Å². The van der Waals surface area contributed by atoms with Crippen LogP contribution in [0.25, 0.3) is 10.9 Å². The summed E-state index contributed by atoms with van der Waals surface area (Å²) in [6.07, 6.45) is 4.04. The SMILES string of the molecule is CN=Cc1ccc2c3c(n(CCOC)c2c1)C(C)(C)c1cc(N2CCC(N4CCOCC4)CC2)c(OCCOC)cc1C3=O. The summed E-state index contributed by atoms with van der Waals surface area (Å²) < 4.78 is 25.1. The molecule has 1 aliphatic carbocycles. The summed E-state index contributed by atoms with van der Waals surface area (Å²) >= 11 is 0. The van der Waals surface area contributed by atoms with Crippen LogP contribution in [0.15, 0.2) is 35.3 Å². The zero-order valence-corrected chi connectivity index (χ0v) is 26.9. The lowest BCUT2D eigenvalue weighted by Gasteiger charge is -2.42. The van der Waals surface area contributed by atoms with E-state index in [1.165, 1.54) is 0 Å². The molecule has 1 aromatic heterocycles. The van der Waals surface area contributed by atoms with E-state index in [-0.39, 0.29) is 5.78 Å². The van der Waals surface area contributed by atoms with Crippen LogP contribution in [-0.4, -0.2) is 108 Å². The third-order valence-corrected chi connectivity index (χ3v) is 9.63. The first-order chi connectivity index (χ1) is 21.4. The molecule has 3 aliphatic rings. The Morgan fingerprint density at radius 3 is 2.45 bits per heavy atom. The molecule has 9 nitrogen and oxygen atoms in total. The molecule has 44 heavy (non-hydrogen) atoms. The summed E-state index contributed by atoms with van der Waals surface area (Å²) in [5.41, 5.74) is 6.23. The van der Waals surface area contributed by atoms with Crippen LogP contribution in [0, 0.1) is 0 Å². The fourth-order valence-electron chi connectivity index (χ4n) is 7.44. The maximum atomic E-state index is 14.5. The molecule has 2 saturated heterocycles. The number of piperidine rings is 1. The Balaban J connectivity index is 1.43. The van der Waals surface area contributed by atoms with E-state index in [1.54, 1.807) is 21.3 Å². The second kappa shape index (κ2) is 13.0. The summed E-state index contributed by atoms with van der Waals surface area (Å²) in [5, 5.41) is 0.962. The molecule has 6 rings (SSSR count). The number of ether oxygens (including phenoxy) is 4. The van der Waals surface area contributed by atoms with Gasteiger partial charge in [-0.15, -0.1) is 0 Å². The Bertz CT molecular complexity index is 1530. The van der Waals surface area contributed by atoms with Gasteiger partial charge in [-0.2, -0.15) is 0 Å². The quantitative estimate of drug-likeness (QED) is 0.249. The van der Waals surface area contributed by atoms with Gasteiger partial charge in [0.15, 0.2) is 5.78 Å². The number of ketones is 1. The van der Waals surface area contributed by atoms with E-state index in [2.05, 4.69) is 51.4 Å². The predicted molar refractivity (Wildman–Crippen MR) is 174 cm³/mol. The monoisotopic (exact) mass is 602 g/mol. The van der Waals surface area contributed by atoms with Crippen molar-refractivity contribution in [2.45, 2.75) is 44.7 Å². The minimum Gasteiger partial charge on any atom is -0.489 e. The number of morpholine rings is 1. The van der Waals surface area contributed by atoms with E-state index < -0.39 is 5.41 Å². The van der Waals surface area contributed by atoms with Crippen molar-refractivity contribution in [1.29, 1.82) is 0 Å². The molecule has 9 heteroatoms. The van der Waals surface area contributed by atoms with Gasteiger partial charge in [0, 0.05) is 93.8 Å². The Kier molecular flexibility index (Phi) is 9.10. The fourth-order valence-corrected chi connectivity index (χ4v) is 7.44. The third-order valence-electron chi connectivity index (χ3n) is 9.63. The molecule has 3 heterocycles. The molecule has 0 bridgehead atoms. The van der Waals surface area contributed by atoms with Gasteiger partial charge in [0.1, 0.15) is 12.4 Å². The van der Waals surface area contributed by atoms with Gasteiger partial charge < -0.3 is 28.4 Å². The van der Waals surface area contributed by atoms with Crippen molar-refractivity contribution in [2.75, 3.05) is 85.4 Å². The molecule has 2 aliphatic heterocycles. The maximum Gasteiger partial charge on any atom is 0.195 e. The van der Waals surface area contributed by atoms with Gasteiger partial charge in [-0.3, -0.25) is 14.7 Å². The Labute approximate surface area is 260 Å². The van der Waals surface area contributed by atoms with Crippen LogP contribution < -0.4 is 9.64 Å². The lowest BCUT2D eigenvalue weighted by atomic mass is 9.70.